The first kappa shape index (κ1) is 17.7. The van der Waals surface area contributed by atoms with Crippen molar-refractivity contribution < 1.29 is 17.9 Å². The number of halogens is 1. The van der Waals surface area contributed by atoms with Gasteiger partial charge in [-0.15, -0.1) is 0 Å². The molecule has 2 heterocycles. The first-order chi connectivity index (χ1) is 11.9. The molecule has 3 aromatic rings. The fourth-order valence-corrected chi connectivity index (χ4v) is 3.88. The topological polar surface area (TPSA) is 81.9 Å². The summed E-state index contributed by atoms with van der Waals surface area (Å²) in [6.45, 7) is 0.0575. The van der Waals surface area contributed by atoms with Crippen molar-refractivity contribution in [2.45, 2.75) is 11.4 Å². The van der Waals surface area contributed by atoms with E-state index in [1.54, 1.807) is 18.3 Å². The Kier molecular flexibility index (Phi) is 4.98. The highest BCUT2D eigenvalue weighted by molar-refractivity contribution is 9.10. The summed E-state index contributed by atoms with van der Waals surface area (Å²) in [7, 11) is -0.903. The predicted molar refractivity (Wildman–Crippen MR) is 96.5 cm³/mol. The first-order valence-electron chi connectivity index (χ1n) is 7.28. The number of pyridine rings is 1. The minimum absolute atomic E-state index is 0.0147. The lowest BCUT2D eigenvalue weighted by atomic mass is 10.3. The molecule has 3 rings (SSSR count). The van der Waals surface area contributed by atoms with E-state index in [0.29, 0.717) is 11.4 Å². The van der Waals surface area contributed by atoms with Crippen molar-refractivity contribution in [3.63, 3.8) is 0 Å². The minimum atomic E-state index is -3.79. The van der Waals surface area contributed by atoms with E-state index >= 15 is 0 Å². The maximum atomic E-state index is 12.6. The number of fused-ring (bicyclic) bond motifs is 1. The zero-order valence-corrected chi connectivity index (χ0v) is 16.0. The zero-order chi connectivity index (χ0) is 18.0. The van der Waals surface area contributed by atoms with Crippen molar-refractivity contribution in [1.82, 2.24) is 14.1 Å². The molecule has 0 bridgehead atoms. The van der Waals surface area contributed by atoms with E-state index in [2.05, 4.69) is 25.6 Å². The molecule has 1 aromatic carbocycles. The van der Waals surface area contributed by atoms with Gasteiger partial charge in [0.25, 0.3) is 0 Å². The van der Waals surface area contributed by atoms with Crippen LogP contribution < -0.4 is 14.2 Å². The fourth-order valence-electron chi connectivity index (χ4n) is 2.34. The summed E-state index contributed by atoms with van der Waals surface area (Å²) in [4.78, 5) is 4.40. The van der Waals surface area contributed by atoms with Crippen LogP contribution in [0, 0.1) is 0 Å². The quantitative estimate of drug-likeness (QED) is 0.656. The Hall–Kier alpha value is -2.10. The summed E-state index contributed by atoms with van der Waals surface area (Å²) >= 11 is 3.39. The highest BCUT2D eigenvalue weighted by Gasteiger charge is 2.20. The second-order valence-electron chi connectivity index (χ2n) is 5.19. The summed E-state index contributed by atoms with van der Waals surface area (Å²) in [5.41, 5.74) is 1.33. The van der Waals surface area contributed by atoms with Crippen molar-refractivity contribution in [2.24, 2.45) is 0 Å². The number of methoxy groups -OCH3 is 2. The number of benzene rings is 1. The lowest BCUT2D eigenvalue weighted by Crippen LogP contribution is -2.24. The number of hydrogen-bond donors (Lipinski definition) is 1. The summed E-state index contributed by atoms with van der Waals surface area (Å²) in [6, 6.07) is 8.32. The summed E-state index contributed by atoms with van der Waals surface area (Å²) < 4.78 is 40.8. The third-order valence-corrected chi connectivity index (χ3v) is 5.46. The summed E-state index contributed by atoms with van der Waals surface area (Å²) in [5, 5.41) is 0. The summed E-state index contributed by atoms with van der Waals surface area (Å²) in [5.74, 6) is 0.672. The molecule has 9 heteroatoms. The Balaban J connectivity index is 1.85. The molecule has 0 saturated carbocycles. The van der Waals surface area contributed by atoms with Crippen LogP contribution in [0.3, 0.4) is 0 Å². The molecular formula is C16H16BrN3O4S. The van der Waals surface area contributed by atoms with Gasteiger partial charge in [-0.05, 0) is 40.2 Å². The average Bonchev–Trinajstić information content (AvgIpc) is 3.01. The van der Waals surface area contributed by atoms with Crippen LogP contribution in [0.2, 0.25) is 0 Å². The Morgan fingerprint density at radius 3 is 2.68 bits per heavy atom. The van der Waals surface area contributed by atoms with Crippen LogP contribution in [-0.4, -0.2) is 32.0 Å². The van der Waals surface area contributed by atoms with E-state index in [-0.39, 0.29) is 17.2 Å². The molecule has 7 nitrogen and oxygen atoms in total. The molecule has 0 atom stereocenters. The number of nitrogens with zero attached hydrogens (tertiary/aromatic N) is 2. The van der Waals surface area contributed by atoms with Crippen LogP contribution in [0.4, 0.5) is 0 Å². The number of imidazole rings is 1. The predicted octanol–water partition coefficient (Wildman–Crippen LogP) is 2.59. The molecule has 0 fully saturated rings. The molecule has 0 aliphatic carbocycles. The largest absolute Gasteiger partial charge is 0.497 e. The second kappa shape index (κ2) is 7.03. The highest BCUT2D eigenvalue weighted by atomic mass is 79.9. The van der Waals surface area contributed by atoms with E-state index in [1.165, 1.54) is 20.3 Å². The molecule has 0 radical (unpaired) electrons. The van der Waals surface area contributed by atoms with E-state index in [4.69, 9.17) is 9.47 Å². The van der Waals surface area contributed by atoms with Gasteiger partial charge in [-0.1, -0.05) is 0 Å². The van der Waals surface area contributed by atoms with Gasteiger partial charge in [-0.2, -0.15) is 0 Å². The Morgan fingerprint density at radius 1 is 1.16 bits per heavy atom. The van der Waals surface area contributed by atoms with Crippen LogP contribution in [0.1, 0.15) is 5.69 Å². The Labute approximate surface area is 153 Å². The van der Waals surface area contributed by atoms with Crippen LogP contribution in [0.5, 0.6) is 11.5 Å². The van der Waals surface area contributed by atoms with Gasteiger partial charge in [0.05, 0.1) is 26.5 Å². The van der Waals surface area contributed by atoms with E-state index in [1.807, 2.05) is 22.7 Å². The summed E-state index contributed by atoms with van der Waals surface area (Å²) in [6.07, 6.45) is 3.62. The number of ether oxygens (including phenoxy) is 2. The molecule has 0 amide bonds. The number of sulfonamides is 1. The molecule has 0 spiro atoms. The Bertz CT molecular complexity index is 1020. The molecule has 1 N–H and O–H groups in total. The van der Waals surface area contributed by atoms with Crippen LogP contribution >= 0.6 is 15.9 Å². The fraction of sp³-hybridized carbons (Fsp3) is 0.188. The molecule has 0 saturated heterocycles. The molecule has 0 aliphatic rings. The smallest absolute Gasteiger partial charge is 0.244 e. The normalized spacial score (nSPS) is 11.6. The van der Waals surface area contributed by atoms with Crippen molar-refractivity contribution >= 4 is 31.6 Å². The Morgan fingerprint density at radius 2 is 1.96 bits per heavy atom. The van der Waals surface area contributed by atoms with Crippen molar-refractivity contribution in [1.29, 1.82) is 0 Å². The lowest BCUT2D eigenvalue weighted by Gasteiger charge is -2.11. The van der Waals surface area contributed by atoms with Gasteiger partial charge in [0.1, 0.15) is 22.0 Å². The van der Waals surface area contributed by atoms with Gasteiger partial charge in [0, 0.05) is 22.9 Å². The zero-order valence-electron chi connectivity index (χ0n) is 13.6. The van der Waals surface area contributed by atoms with Gasteiger partial charge in [-0.3, -0.25) is 0 Å². The molecule has 2 aromatic heterocycles. The molecule has 0 unspecified atom stereocenters. The molecule has 25 heavy (non-hydrogen) atoms. The third kappa shape index (κ3) is 3.78. The first-order valence-corrected chi connectivity index (χ1v) is 9.55. The maximum absolute atomic E-state index is 12.6. The second-order valence-corrected chi connectivity index (χ2v) is 7.84. The van der Waals surface area contributed by atoms with Crippen LogP contribution in [0.25, 0.3) is 5.65 Å². The number of rotatable bonds is 6. The number of hydrogen-bond acceptors (Lipinski definition) is 5. The van der Waals surface area contributed by atoms with Crippen LogP contribution in [0.15, 0.2) is 52.1 Å². The SMILES string of the molecule is COc1ccc(OC)c(S(=O)(=O)NCc2cn3cc(Br)ccc3n2)c1. The minimum Gasteiger partial charge on any atom is -0.497 e. The van der Waals surface area contributed by atoms with Gasteiger partial charge < -0.3 is 13.9 Å². The molecule has 132 valence electrons. The standard InChI is InChI=1S/C16H16BrN3O4S/c1-23-13-4-5-14(24-2)15(7-13)25(21,22)18-8-12-10-20-9-11(17)3-6-16(20)19-12/h3-7,9-10,18H,8H2,1-2H3. The monoisotopic (exact) mass is 425 g/mol. The van der Waals surface area contributed by atoms with E-state index in [9.17, 15) is 8.42 Å². The van der Waals surface area contributed by atoms with Gasteiger partial charge >= 0.3 is 0 Å². The van der Waals surface area contributed by atoms with Crippen LogP contribution in [-0.2, 0) is 16.6 Å². The molecule has 0 aliphatic heterocycles. The third-order valence-electron chi connectivity index (χ3n) is 3.57. The van der Waals surface area contributed by atoms with Crippen molar-refractivity contribution in [3.05, 3.63) is 52.9 Å². The van der Waals surface area contributed by atoms with E-state index in [0.717, 1.165) is 10.1 Å². The van der Waals surface area contributed by atoms with Gasteiger partial charge in [-0.25, -0.2) is 18.1 Å². The lowest BCUT2D eigenvalue weighted by molar-refractivity contribution is 0.392. The van der Waals surface area contributed by atoms with Crippen molar-refractivity contribution in [3.8, 4) is 11.5 Å². The average molecular weight is 426 g/mol. The molecular weight excluding hydrogens is 410 g/mol. The van der Waals surface area contributed by atoms with Crippen molar-refractivity contribution in [2.75, 3.05) is 14.2 Å². The van der Waals surface area contributed by atoms with Gasteiger partial charge in [0.15, 0.2) is 0 Å². The highest BCUT2D eigenvalue weighted by Crippen LogP contribution is 2.28. The maximum Gasteiger partial charge on any atom is 0.244 e. The van der Waals surface area contributed by atoms with Gasteiger partial charge in [0.2, 0.25) is 10.0 Å². The number of nitrogens with one attached hydrogen (secondary N) is 1. The number of aromatic nitrogens is 2. The van der Waals surface area contributed by atoms with E-state index < -0.39 is 10.0 Å².